The van der Waals surface area contributed by atoms with Crippen LogP contribution < -0.4 is 0 Å². The normalized spacial score (nSPS) is 14.9. The maximum absolute atomic E-state index is 13.0. The van der Waals surface area contributed by atoms with Gasteiger partial charge in [-0.15, -0.1) is 0 Å². The van der Waals surface area contributed by atoms with E-state index in [1.165, 1.54) is 24.3 Å². The molecule has 2 aromatic carbocycles. The number of benzene rings is 2. The van der Waals surface area contributed by atoms with E-state index in [4.69, 9.17) is 4.52 Å². The lowest BCUT2D eigenvalue weighted by atomic mass is 10.1. The molecule has 150 valence electrons. The van der Waals surface area contributed by atoms with Gasteiger partial charge < -0.3 is 9.42 Å². The summed E-state index contributed by atoms with van der Waals surface area (Å²) >= 11 is 0. The lowest BCUT2D eigenvalue weighted by Crippen LogP contribution is -2.48. The highest BCUT2D eigenvalue weighted by Crippen LogP contribution is 2.18. The minimum Gasteiger partial charge on any atom is -0.340 e. The van der Waals surface area contributed by atoms with E-state index >= 15 is 0 Å². The molecule has 0 saturated carbocycles. The third kappa shape index (κ3) is 4.83. The summed E-state index contributed by atoms with van der Waals surface area (Å²) in [5.74, 6) is 0.317. The molecule has 0 spiro atoms. The third-order valence-corrected chi connectivity index (χ3v) is 4.92. The SMILES string of the molecule is O=C(Cc1ccc(F)cc1)N1CCN(Cc2noc(-c3ccc(F)cc3)n2)CC1. The van der Waals surface area contributed by atoms with Crippen molar-refractivity contribution in [2.75, 3.05) is 26.2 Å². The summed E-state index contributed by atoms with van der Waals surface area (Å²) in [6, 6.07) is 11.9. The lowest BCUT2D eigenvalue weighted by molar-refractivity contribution is -0.132. The highest BCUT2D eigenvalue weighted by atomic mass is 19.1. The summed E-state index contributed by atoms with van der Waals surface area (Å²) in [5.41, 5.74) is 1.47. The molecule has 0 unspecified atom stereocenters. The highest BCUT2D eigenvalue weighted by molar-refractivity contribution is 5.78. The molecule has 4 rings (SSSR count). The van der Waals surface area contributed by atoms with Gasteiger partial charge >= 0.3 is 0 Å². The van der Waals surface area contributed by atoms with Gasteiger partial charge in [0.1, 0.15) is 11.6 Å². The Morgan fingerprint density at radius 2 is 1.55 bits per heavy atom. The molecule has 6 nitrogen and oxygen atoms in total. The van der Waals surface area contributed by atoms with Gasteiger partial charge in [0, 0.05) is 31.7 Å². The Hall–Kier alpha value is -3.13. The maximum Gasteiger partial charge on any atom is 0.257 e. The Morgan fingerprint density at radius 1 is 0.931 bits per heavy atom. The molecule has 0 atom stereocenters. The fourth-order valence-corrected chi connectivity index (χ4v) is 3.27. The first-order chi connectivity index (χ1) is 14.1. The summed E-state index contributed by atoms with van der Waals surface area (Å²) in [6.45, 7) is 3.15. The van der Waals surface area contributed by atoms with Crippen molar-refractivity contribution in [1.29, 1.82) is 0 Å². The second kappa shape index (κ2) is 8.48. The number of hydrogen-bond acceptors (Lipinski definition) is 5. The Kier molecular flexibility index (Phi) is 5.62. The van der Waals surface area contributed by atoms with Crippen molar-refractivity contribution in [3.05, 3.63) is 71.6 Å². The van der Waals surface area contributed by atoms with Crippen molar-refractivity contribution in [3.8, 4) is 11.5 Å². The first-order valence-corrected chi connectivity index (χ1v) is 9.40. The Morgan fingerprint density at radius 3 is 2.21 bits per heavy atom. The molecule has 0 N–H and O–H groups in total. The molecule has 0 aliphatic carbocycles. The van der Waals surface area contributed by atoms with E-state index in [9.17, 15) is 13.6 Å². The number of amides is 1. The fourth-order valence-electron chi connectivity index (χ4n) is 3.27. The van der Waals surface area contributed by atoms with Crippen molar-refractivity contribution in [3.63, 3.8) is 0 Å². The predicted molar refractivity (Wildman–Crippen MR) is 102 cm³/mol. The smallest absolute Gasteiger partial charge is 0.257 e. The second-order valence-corrected chi connectivity index (χ2v) is 6.98. The summed E-state index contributed by atoms with van der Waals surface area (Å²) in [4.78, 5) is 20.8. The van der Waals surface area contributed by atoms with Gasteiger partial charge in [-0.1, -0.05) is 17.3 Å². The van der Waals surface area contributed by atoms with Gasteiger partial charge in [-0.05, 0) is 42.0 Å². The Balaban J connectivity index is 1.28. The molecule has 1 amide bonds. The van der Waals surface area contributed by atoms with Crippen LogP contribution in [0.2, 0.25) is 0 Å². The van der Waals surface area contributed by atoms with Gasteiger partial charge in [0.15, 0.2) is 5.82 Å². The number of carbonyl (C=O) groups excluding carboxylic acids is 1. The minimum atomic E-state index is -0.319. The van der Waals surface area contributed by atoms with Crippen molar-refractivity contribution >= 4 is 5.91 Å². The summed E-state index contributed by atoms with van der Waals surface area (Å²) in [7, 11) is 0. The number of nitrogens with zero attached hydrogens (tertiary/aromatic N) is 4. The van der Waals surface area contributed by atoms with Gasteiger partial charge in [-0.2, -0.15) is 4.98 Å². The van der Waals surface area contributed by atoms with Crippen LogP contribution in [0.3, 0.4) is 0 Å². The van der Waals surface area contributed by atoms with Crippen LogP contribution in [0.1, 0.15) is 11.4 Å². The first-order valence-electron chi connectivity index (χ1n) is 9.40. The van der Waals surface area contributed by atoms with Crippen molar-refractivity contribution < 1.29 is 18.1 Å². The minimum absolute atomic E-state index is 0.0365. The van der Waals surface area contributed by atoms with E-state index < -0.39 is 0 Å². The Labute approximate surface area is 166 Å². The summed E-state index contributed by atoms with van der Waals surface area (Å²) < 4.78 is 31.3. The zero-order chi connectivity index (χ0) is 20.2. The van der Waals surface area contributed by atoms with Crippen LogP contribution in [-0.4, -0.2) is 52.0 Å². The molecule has 29 heavy (non-hydrogen) atoms. The third-order valence-electron chi connectivity index (χ3n) is 4.92. The molecular weight excluding hydrogens is 378 g/mol. The molecule has 1 aliphatic rings. The number of rotatable bonds is 5. The lowest BCUT2D eigenvalue weighted by Gasteiger charge is -2.34. The van der Waals surface area contributed by atoms with Crippen LogP contribution in [0, 0.1) is 11.6 Å². The van der Waals surface area contributed by atoms with Crippen LogP contribution >= 0.6 is 0 Å². The topological polar surface area (TPSA) is 62.5 Å². The maximum atomic E-state index is 13.0. The average molecular weight is 398 g/mol. The number of hydrogen-bond donors (Lipinski definition) is 0. The van der Waals surface area contributed by atoms with Crippen LogP contribution in [0.5, 0.6) is 0 Å². The molecule has 1 aromatic heterocycles. The van der Waals surface area contributed by atoms with Crippen molar-refractivity contribution in [1.82, 2.24) is 19.9 Å². The number of carbonyl (C=O) groups is 1. The summed E-state index contributed by atoms with van der Waals surface area (Å²) in [5, 5.41) is 3.99. The monoisotopic (exact) mass is 398 g/mol. The molecule has 1 fully saturated rings. The molecule has 0 bridgehead atoms. The van der Waals surface area contributed by atoms with Crippen molar-refractivity contribution in [2.24, 2.45) is 0 Å². The zero-order valence-electron chi connectivity index (χ0n) is 15.7. The number of aromatic nitrogens is 2. The zero-order valence-corrected chi connectivity index (χ0v) is 15.7. The van der Waals surface area contributed by atoms with E-state index in [-0.39, 0.29) is 24.0 Å². The van der Waals surface area contributed by atoms with Gasteiger partial charge in [0.25, 0.3) is 5.89 Å². The molecule has 1 aliphatic heterocycles. The van der Waals surface area contributed by atoms with E-state index in [2.05, 4.69) is 15.0 Å². The molecular formula is C21H20F2N4O2. The standard InChI is InChI=1S/C21H20F2N4O2/c22-17-5-1-15(2-6-17)13-20(28)27-11-9-26(10-12-27)14-19-24-21(29-25-19)16-3-7-18(23)8-4-16/h1-8H,9-14H2. The largest absolute Gasteiger partial charge is 0.340 e. The van der Waals surface area contributed by atoms with Crippen LogP contribution in [0.4, 0.5) is 8.78 Å². The number of piperazine rings is 1. The molecule has 2 heterocycles. The van der Waals surface area contributed by atoms with Crippen LogP contribution in [-0.2, 0) is 17.8 Å². The predicted octanol–water partition coefficient (Wildman–Crippen LogP) is 2.90. The summed E-state index contributed by atoms with van der Waals surface area (Å²) in [6.07, 6.45) is 0.270. The number of halogens is 2. The molecule has 8 heteroatoms. The van der Waals surface area contributed by atoms with Crippen LogP contribution in [0.15, 0.2) is 53.1 Å². The Bertz CT molecular complexity index is 965. The van der Waals surface area contributed by atoms with Crippen LogP contribution in [0.25, 0.3) is 11.5 Å². The van der Waals surface area contributed by atoms with Gasteiger partial charge in [0.05, 0.1) is 13.0 Å². The van der Waals surface area contributed by atoms with E-state index in [1.54, 1.807) is 24.3 Å². The molecule has 3 aromatic rings. The highest BCUT2D eigenvalue weighted by Gasteiger charge is 2.22. The fraction of sp³-hybridized carbons (Fsp3) is 0.286. The second-order valence-electron chi connectivity index (χ2n) is 6.98. The van der Waals surface area contributed by atoms with E-state index in [1.807, 2.05) is 4.90 Å². The van der Waals surface area contributed by atoms with Gasteiger partial charge in [0.2, 0.25) is 5.91 Å². The van der Waals surface area contributed by atoms with E-state index in [0.717, 1.165) is 5.56 Å². The average Bonchev–Trinajstić information content (AvgIpc) is 3.19. The quantitative estimate of drug-likeness (QED) is 0.661. The van der Waals surface area contributed by atoms with Gasteiger partial charge in [-0.3, -0.25) is 9.69 Å². The first kappa shape index (κ1) is 19.2. The van der Waals surface area contributed by atoms with Gasteiger partial charge in [-0.25, -0.2) is 8.78 Å². The van der Waals surface area contributed by atoms with E-state index in [0.29, 0.717) is 50.0 Å². The molecule has 1 saturated heterocycles. The molecule has 0 radical (unpaired) electrons. The van der Waals surface area contributed by atoms with Crippen molar-refractivity contribution in [2.45, 2.75) is 13.0 Å².